The highest BCUT2D eigenvalue weighted by Gasteiger charge is 2.22. The van der Waals surface area contributed by atoms with Crippen LogP contribution < -0.4 is 4.74 Å². The molecule has 0 amide bonds. The lowest BCUT2D eigenvalue weighted by Gasteiger charge is -2.17. The van der Waals surface area contributed by atoms with E-state index in [1.165, 1.54) is 4.31 Å². The summed E-state index contributed by atoms with van der Waals surface area (Å²) in [5.41, 5.74) is 1.74. The number of aryl methyl sites for hydroxylation is 1. The average molecular weight is 418 g/mol. The minimum absolute atomic E-state index is 0.0251. The monoisotopic (exact) mass is 417 g/mol. The van der Waals surface area contributed by atoms with Crippen LogP contribution in [0.1, 0.15) is 18.1 Å². The number of fused-ring (bicyclic) bond motifs is 1. The van der Waals surface area contributed by atoms with Gasteiger partial charge >= 0.3 is 0 Å². The number of rotatable bonds is 5. The molecule has 0 aliphatic rings. The molecule has 0 bridgehead atoms. The zero-order chi connectivity index (χ0) is 21.6. The van der Waals surface area contributed by atoms with Crippen LogP contribution in [-0.4, -0.2) is 32.9 Å². The van der Waals surface area contributed by atoms with Crippen LogP contribution in [0.15, 0.2) is 65.6 Å². The number of sulfonamides is 1. The van der Waals surface area contributed by atoms with Crippen molar-refractivity contribution in [2.45, 2.75) is 18.7 Å². The quantitative estimate of drug-likeness (QED) is 0.584. The Labute approximate surface area is 178 Å². The number of nitrogens with zero attached hydrogens (tertiary/aromatic N) is 1. The molecule has 0 aliphatic carbocycles. The summed E-state index contributed by atoms with van der Waals surface area (Å²) >= 11 is 0. The molecule has 4 nitrogen and oxygen atoms in total. The van der Waals surface area contributed by atoms with Gasteiger partial charge in [0.1, 0.15) is 5.75 Å². The predicted molar refractivity (Wildman–Crippen MR) is 121 cm³/mol. The van der Waals surface area contributed by atoms with Gasteiger partial charge < -0.3 is 4.74 Å². The summed E-state index contributed by atoms with van der Waals surface area (Å²) in [4.78, 5) is 0.232. The van der Waals surface area contributed by atoms with Crippen molar-refractivity contribution < 1.29 is 13.2 Å². The van der Waals surface area contributed by atoms with Gasteiger partial charge in [-0.05, 0) is 37.4 Å². The molecule has 0 fully saturated rings. The highest BCUT2D eigenvalue weighted by Crippen LogP contribution is 2.27. The summed E-state index contributed by atoms with van der Waals surface area (Å²) in [7, 11) is -2.11. The molecule has 0 aromatic heterocycles. The maximum absolute atomic E-state index is 13.1. The Balaban J connectivity index is 1.97. The maximum Gasteiger partial charge on any atom is 0.244 e. The van der Waals surface area contributed by atoms with E-state index >= 15 is 0 Å². The molecule has 3 rings (SSSR count). The van der Waals surface area contributed by atoms with Crippen LogP contribution in [-0.2, 0) is 10.0 Å². The van der Waals surface area contributed by atoms with Crippen LogP contribution >= 0.6 is 0 Å². The van der Waals surface area contributed by atoms with Gasteiger partial charge in [-0.1, -0.05) is 65.8 Å². The lowest BCUT2D eigenvalue weighted by atomic mass is 10.0. The fourth-order valence-corrected chi connectivity index (χ4v) is 4.27. The molecular formula is C25H23NO3S. The average Bonchev–Trinajstić information content (AvgIpc) is 2.76. The second-order valence-corrected chi connectivity index (χ2v) is 8.62. The van der Waals surface area contributed by atoms with E-state index in [4.69, 9.17) is 4.74 Å². The number of hydrogen-bond acceptors (Lipinski definition) is 3. The van der Waals surface area contributed by atoms with Crippen LogP contribution in [0, 0.1) is 30.6 Å². The first kappa shape index (κ1) is 21.5. The van der Waals surface area contributed by atoms with Crippen molar-refractivity contribution in [1.82, 2.24) is 4.31 Å². The van der Waals surface area contributed by atoms with Crippen molar-refractivity contribution >= 4 is 20.8 Å². The molecule has 30 heavy (non-hydrogen) atoms. The molecule has 0 N–H and O–H groups in total. The summed E-state index contributed by atoms with van der Waals surface area (Å²) in [6.07, 6.45) is 0. The zero-order valence-electron chi connectivity index (χ0n) is 17.3. The molecule has 152 valence electrons. The van der Waals surface area contributed by atoms with Crippen LogP contribution in [0.25, 0.3) is 10.8 Å². The summed E-state index contributed by atoms with van der Waals surface area (Å²) < 4.78 is 32.9. The molecule has 0 atom stereocenters. The first-order chi connectivity index (χ1) is 14.5. The topological polar surface area (TPSA) is 46.6 Å². The van der Waals surface area contributed by atoms with Crippen LogP contribution in [0.2, 0.25) is 0 Å². The summed E-state index contributed by atoms with van der Waals surface area (Å²) in [5.74, 6) is 12.4. The highest BCUT2D eigenvalue weighted by atomic mass is 32.2. The standard InChI is InChI=1S/C25H23NO3S/c1-4-5-18-26(30(27,28)22-15-12-20(2)13-16-22)19-8-11-24-23-10-7-6-9-21(23)14-17-25(24)29-3/h6-7,9-10,12-17H,18-19H2,1-3H3. The van der Waals surface area contributed by atoms with Crippen molar-refractivity contribution in [1.29, 1.82) is 0 Å². The van der Waals surface area contributed by atoms with Gasteiger partial charge in [-0.3, -0.25) is 0 Å². The van der Waals surface area contributed by atoms with Crippen molar-refractivity contribution in [3.63, 3.8) is 0 Å². The summed E-state index contributed by atoms with van der Waals surface area (Å²) in [5, 5.41) is 2.01. The number of benzene rings is 3. The third kappa shape index (κ3) is 4.66. The second kappa shape index (κ2) is 9.50. The molecule has 3 aromatic rings. The lowest BCUT2D eigenvalue weighted by Crippen LogP contribution is -2.32. The van der Waals surface area contributed by atoms with Gasteiger partial charge in [0.15, 0.2) is 0 Å². The molecule has 0 spiro atoms. The van der Waals surface area contributed by atoms with Crippen LogP contribution in [0.5, 0.6) is 5.75 Å². The van der Waals surface area contributed by atoms with E-state index < -0.39 is 10.0 Å². The normalized spacial score (nSPS) is 10.8. The van der Waals surface area contributed by atoms with E-state index in [0.717, 1.165) is 21.9 Å². The van der Waals surface area contributed by atoms with Gasteiger partial charge in [-0.25, -0.2) is 8.42 Å². The molecule has 3 aromatic carbocycles. The maximum atomic E-state index is 13.1. The molecule has 0 unspecified atom stereocenters. The Kier molecular flexibility index (Phi) is 6.79. The van der Waals surface area contributed by atoms with Crippen LogP contribution in [0.3, 0.4) is 0 Å². The molecule has 0 saturated heterocycles. The molecule has 0 radical (unpaired) electrons. The van der Waals surface area contributed by atoms with Crippen molar-refractivity contribution in [2.75, 3.05) is 20.2 Å². The van der Waals surface area contributed by atoms with Gasteiger partial charge in [-0.2, -0.15) is 4.31 Å². The van der Waals surface area contributed by atoms with Gasteiger partial charge in [-0.15, -0.1) is 5.92 Å². The first-order valence-corrected chi connectivity index (χ1v) is 10.9. The van der Waals surface area contributed by atoms with Crippen molar-refractivity contribution in [3.05, 3.63) is 71.8 Å². The van der Waals surface area contributed by atoms with Crippen LogP contribution in [0.4, 0.5) is 0 Å². The predicted octanol–water partition coefficient (Wildman–Crippen LogP) is 4.22. The summed E-state index contributed by atoms with van der Waals surface area (Å²) in [6, 6.07) is 18.5. The van der Waals surface area contributed by atoms with E-state index in [1.807, 2.05) is 43.3 Å². The first-order valence-electron chi connectivity index (χ1n) is 9.48. The number of hydrogen-bond donors (Lipinski definition) is 0. The lowest BCUT2D eigenvalue weighted by molar-refractivity contribution is 0.414. The summed E-state index contributed by atoms with van der Waals surface area (Å²) in [6.45, 7) is 3.70. The van der Waals surface area contributed by atoms with E-state index in [1.54, 1.807) is 38.3 Å². The molecular weight excluding hydrogens is 394 g/mol. The van der Waals surface area contributed by atoms with Gasteiger partial charge in [0.25, 0.3) is 0 Å². The molecule has 5 heteroatoms. The van der Waals surface area contributed by atoms with Gasteiger partial charge in [0.2, 0.25) is 10.0 Å². The molecule has 0 saturated carbocycles. The number of ether oxygens (including phenoxy) is 1. The molecule has 0 heterocycles. The van der Waals surface area contributed by atoms with E-state index in [-0.39, 0.29) is 18.0 Å². The van der Waals surface area contributed by atoms with Gasteiger partial charge in [0.05, 0.1) is 30.7 Å². The fourth-order valence-electron chi connectivity index (χ4n) is 3.02. The Morgan fingerprint density at radius 3 is 2.33 bits per heavy atom. The van der Waals surface area contributed by atoms with Gasteiger partial charge in [0, 0.05) is 5.39 Å². The smallest absolute Gasteiger partial charge is 0.244 e. The largest absolute Gasteiger partial charge is 0.495 e. The molecule has 0 aliphatic heterocycles. The van der Waals surface area contributed by atoms with Crippen molar-refractivity contribution in [3.8, 4) is 29.4 Å². The number of methoxy groups -OCH3 is 1. The van der Waals surface area contributed by atoms with E-state index in [9.17, 15) is 8.42 Å². The Morgan fingerprint density at radius 2 is 1.63 bits per heavy atom. The zero-order valence-corrected chi connectivity index (χ0v) is 18.1. The second-order valence-electron chi connectivity index (χ2n) is 6.68. The third-order valence-electron chi connectivity index (χ3n) is 4.67. The minimum Gasteiger partial charge on any atom is -0.495 e. The Bertz CT molecular complexity index is 1270. The van der Waals surface area contributed by atoms with Crippen molar-refractivity contribution in [2.24, 2.45) is 0 Å². The Hall–Kier alpha value is -3.25. The minimum atomic E-state index is -3.71. The SMILES string of the molecule is CC#CCN(CC#Cc1c(OC)ccc2ccccc12)S(=O)(=O)c1ccc(C)cc1. The highest BCUT2D eigenvalue weighted by molar-refractivity contribution is 7.89. The fraction of sp³-hybridized carbons (Fsp3) is 0.200. The Morgan fingerprint density at radius 1 is 0.933 bits per heavy atom. The van der Waals surface area contributed by atoms with E-state index in [0.29, 0.717) is 5.75 Å². The third-order valence-corrected chi connectivity index (χ3v) is 6.48. The van der Waals surface area contributed by atoms with E-state index in [2.05, 4.69) is 23.7 Å².